The van der Waals surface area contributed by atoms with Gasteiger partial charge in [0.05, 0.1) is 0 Å². The van der Waals surface area contributed by atoms with Crippen LogP contribution in [0.5, 0.6) is 0 Å². The van der Waals surface area contributed by atoms with Gasteiger partial charge in [0, 0.05) is 20.2 Å². The first-order valence-corrected chi connectivity index (χ1v) is 8.28. The monoisotopic (exact) mass is 322 g/mol. The van der Waals surface area contributed by atoms with Crippen molar-refractivity contribution in [3.05, 3.63) is 11.5 Å². The predicted molar refractivity (Wildman–Crippen MR) is 87.4 cm³/mol. The van der Waals surface area contributed by atoms with E-state index >= 15 is 0 Å². The van der Waals surface area contributed by atoms with E-state index in [2.05, 4.69) is 22.5 Å². The van der Waals surface area contributed by atoms with E-state index in [1.54, 1.807) is 18.5 Å². The Morgan fingerprint density at radius 3 is 2.83 bits per heavy atom. The molecule has 7 heteroatoms. The number of ether oxygens (including phenoxy) is 1. The molecular formula is C16H26N4O3. The van der Waals surface area contributed by atoms with Crippen molar-refractivity contribution in [2.24, 2.45) is 7.05 Å². The first-order valence-electron chi connectivity index (χ1n) is 8.28. The fraction of sp³-hybridized carbons (Fsp3) is 0.688. The predicted octanol–water partition coefficient (Wildman–Crippen LogP) is 1.77. The molecule has 0 radical (unpaired) electrons. The third kappa shape index (κ3) is 4.31. The van der Waals surface area contributed by atoms with Crippen molar-refractivity contribution in [2.45, 2.75) is 52.1 Å². The highest BCUT2D eigenvalue weighted by molar-refractivity contribution is 6.02. The summed E-state index contributed by atoms with van der Waals surface area (Å²) < 4.78 is 7.17. The van der Waals surface area contributed by atoms with E-state index in [0.717, 1.165) is 25.7 Å². The molecule has 0 spiro atoms. The standard InChI is InChI=1S/C16H26N4O3/c1-4-5-9-17-16(22)13-14(18-11(2)20(13)3)19-15(21)12-8-6-7-10-23-12/h12H,4-10H2,1-3H3,(H,17,22)(H,19,21). The van der Waals surface area contributed by atoms with Crippen LogP contribution in [0, 0.1) is 6.92 Å². The Morgan fingerprint density at radius 2 is 2.17 bits per heavy atom. The molecule has 2 N–H and O–H groups in total. The number of unbranched alkanes of at least 4 members (excludes halogenated alkanes) is 1. The first kappa shape index (κ1) is 17.5. The number of aromatic nitrogens is 2. The SMILES string of the molecule is CCCCNC(=O)c1c(NC(=O)C2CCCCO2)nc(C)n1C. The minimum Gasteiger partial charge on any atom is -0.368 e. The summed E-state index contributed by atoms with van der Waals surface area (Å²) >= 11 is 0. The Labute approximate surface area is 136 Å². The van der Waals surface area contributed by atoms with Crippen molar-refractivity contribution in [3.63, 3.8) is 0 Å². The maximum absolute atomic E-state index is 12.4. The van der Waals surface area contributed by atoms with E-state index < -0.39 is 6.10 Å². The summed E-state index contributed by atoms with van der Waals surface area (Å²) in [7, 11) is 1.77. The average molecular weight is 322 g/mol. The quantitative estimate of drug-likeness (QED) is 0.782. The van der Waals surface area contributed by atoms with Crippen molar-refractivity contribution in [3.8, 4) is 0 Å². The van der Waals surface area contributed by atoms with Crippen LogP contribution in [0.25, 0.3) is 0 Å². The fourth-order valence-corrected chi connectivity index (χ4v) is 2.56. The second-order valence-electron chi connectivity index (χ2n) is 5.87. The molecule has 1 aromatic rings. The lowest BCUT2D eigenvalue weighted by Gasteiger charge is -2.21. The molecule has 2 heterocycles. The average Bonchev–Trinajstić information content (AvgIpc) is 2.82. The second kappa shape index (κ2) is 8.10. The van der Waals surface area contributed by atoms with Crippen molar-refractivity contribution in [2.75, 3.05) is 18.5 Å². The zero-order valence-corrected chi connectivity index (χ0v) is 14.1. The molecule has 0 aliphatic carbocycles. The van der Waals surface area contributed by atoms with Crippen molar-refractivity contribution in [1.82, 2.24) is 14.9 Å². The number of amides is 2. The Bertz CT molecular complexity index is 562. The van der Waals surface area contributed by atoms with Crippen LogP contribution >= 0.6 is 0 Å². The smallest absolute Gasteiger partial charge is 0.271 e. The van der Waals surface area contributed by atoms with Crippen LogP contribution in [-0.2, 0) is 16.6 Å². The normalized spacial score (nSPS) is 17.8. The number of rotatable bonds is 6. The van der Waals surface area contributed by atoms with Gasteiger partial charge in [0.1, 0.15) is 11.9 Å². The largest absolute Gasteiger partial charge is 0.368 e. The molecule has 1 unspecified atom stereocenters. The number of hydrogen-bond donors (Lipinski definition) is 2. The third-order valence-corrected chi connectivity index (χ3v) is 4.06. The van der Waals surface area contributed by atoms with Gasteiger partial charge in [-0.25, -0.2) is 4.98 Å². The molecule has 7 nitrogen and oxygen atoms in total. The van der Waals surface area contributed by atoms with Gasteiger partial charge in [-0.1, -0.05) is 13.3 Å². The molecule has 0 aromatic carbocycles. The number of hydrogen-bond acceptors (Lipinski definition) is 4. The zero-order valence-electron chi connectivity index (χ0n) is 14.1. The maximum Gasteiger partial charge on any atom is 0.271 e. The van der Waals surface area contributed by atoms with E-state index in [1.165, 1.54) is 0 Å². The summed E-state index contributed by atoms with van der Waals surface area (Å²) in [5, 5.41) is 5.62. The number of imidazole rings is 1. The molecule has 2 rings (SSSR count). The van der Waals surface area contributed by atoms with Crippen LogP contribution in [0.15, 0.2) is 0 Å². The van der Waals surface area contributed by atoms with Crippen molar-refractivity contribution < 1.29 is 14.3 Å². The number of anilines is 1. The molecule has 128 valence electrons. The minimum atomic E-state index is -0.456. The van der Waals surface area contributed by atoms with E-state index in [1.807, 2.05) is 0 Å². The molecule has 2 amide bonds. The lowest BCUT2D eigenvalue weighted by molar-refractivity contribution is -0.130. The van der Waals surface area contributed by atoms with Gasteiger partial charge in [-0.3, -0.25) is 9.59 Å². The molecule has 1 aliphatic heterocycles. The molecule has 1 atom stereocenters. The summed E-state index contributed by atoms with van der Waals surface area (Å²) in [6, 6.07) is 0. The van der Waals surface area contributed by atoms with Crippen LogP contribution in [0.1, 0.15) is 55.3 Å². The van der Waals surface area contributed by atoms with Gasteiger partial charge in [0.2, 0.25) is 0 Å². The third-order valence-electron chi connectivity index (χ3n) is 4.06. The van der Waals surface area contributed by atoms with Crippen LogP contribution < -0.4 is 10.6 Å². The summed E-state index contributed by atoms with van der Waals surface area (Å²) in [5.74, 6) is 0.524. The molecule has 1 saturated heterocycles. The highest BCUT2D eigenvalue weighted by atomic mass is 16.5. The Balaban J connectivity index is 2.10. The van der Waals surface area contributed by atoms with E-state index in [0.29, 0.717) is 36.9 Å². The summed E-state index contributed by atoms with van der Waals surface area (Å²) in [6.07, 6.45) is 4.13. The number of nitrogens with zero attached hydrogens (tertiary/aromatic N) is 2. The number of carbonyl (C=O) groups is 2. The van der Waals surface area contributed by atoms with Crippen molar-refractivity contribution >= 4 is 17.6 Å². The van der Waals surface area contributed by atoms with Crippen LogP contribution in [0.3, 0.4) is 0 Å². The Kier molecular flexibility index (Phi) is 6.15. The van der Waals surface area contributed by atoms with E-state index in [4.69, 9.17) is 4.74 Å². The Morgan fingerprint density at radius 1 is 1.39 bits per heavy atom. The fourth-order valence-electron chi connectivity index (χ4n) is 2.56. The van der Waals surface area contributed by atoms with Crippen LogP contribution in [0.2, 0.25) is 0 Å². The molecule has 1 aliphatic rings. The van der Waals surface area contributed by atoms with Gasteiger partial charge in [0.15, 0.2) is 11.5 Å². The maximum atomic E-state index is 12.4. The van der Waals surface area contributed by atoms with Gasteiger partial charge >= 0.3 is 0 Å². The number of nitrogens with one attached hydrogen (secondary N) is 2. The van der Waals surface area contributed by atoms with Gasteiger partial charge in [-0.05, 0) is 32.6 Å². The molecular weight excluding hydrogens is 296 g/mol. The molecule has 1 aromatic heterocycles. The molecule has 23 heavy (non-hydrogen) atoms. The van der Waals surface area contributed by atoms with E-state index in [-0.39, 0.29) is 11.8 Å². The number of carbonyl (C=O) groups excluding carboxylic acids is 2. The molecule has 0 saturated carbocycles. The minimum absolute atomic E-state index is 0.221. The highest BCUT2D eigenvalue weighted by Crippen LogP contribution is 2.19. The lowest BCUT2D eigenvalue weighted by atomic mass is 10.1. The van der Waals surface area contributed by atoms with E-state index in [9.17, 15) is 9.59 Å². The highest BCUT2D eigenvalue weighted by Gasteiger charge is 2.26. The summed E-state index contributed by atoms with van der Waals surface area (Å²) in [6.45, 7) is 5.08. The van der Waals surface area contributed by atoms with Crippen molar-refractivity contribution in [1.29, 1.82) is 0 Å². The number of aryl methyl sites for hydroxylation is 1. The van der Waals surface area contributed by atoms with Gasteiger partial charge < -0.3 is 19.9 Å². The summed E-state index contributed by atoms with van der Waals surface area (Å²) in [4.78, 5) is 29.0. The lowest BCUT2D eigenvalue weighted by Crippen LogP contribution is -2.34. The first-order chi connectivity index (χ1) is 11.0. The van der Waals surface area contributed by atoms with Gasteiger partial charge in [0.25, 0.3) is 11.8 Å². The van der Waals surface area contributed by atoms with Gasteiger partial charge in [-0.15, -0.1) is 0 Å². The van der Waals surface area contributed by atoms with Crippen LogP contribution in [0.4, 0.5) is 5.82 Å². The zero-order chi connectivity index (χ0) is 16.8. The molecule has 1 fully saturated rings. The Hall–Kier alpha value is -1.89. The van der Waals surface area contributed by atoms with Crippen LogP contribution in [-0.4, -0.2) is 40.6 Å². The summed E-state index contributed by atoms with van der Waals surface area (Å²) in [5.41, 5.74) is 0.378. The topological polar surface area (TPSA) is 85.2 Å². The second-order valence-corrected chi connectivity index (χ2v) is 5.87. The van der Waals surface area contributed by atoms with Gasteiger partial charge in [-0.2, -0.15) is 0 Å². The molecule has 0 bridgehead atoms.